The predicted octanol–water partition coefficient (Wildman–Crippen LogP) is 3.76. The Labute approximate surface area is 115 Å². The first-order valence-corrected chi connectivity index (χ1v) is 7.10. The molecule has 2 rings (SSSR count). The molecule has 0 fully saturated rings. The quantitative estimate of drug-likeness (QED) is 0.811. The Bertz CT molecular complexity index is 669. The standard InChI is InChI=1S/C12H8Cl2O3S/c13-9-4-3-5-10(8-9)17-18(15,16)12-7-2-1-6-11(12)14/h1-8H. The van der Waals surface area contributed by atoms with Gasteiger partial charge in [0.15, 0.2) is 0 Å². The lowest BCUT2D eigenvalue weighted by Gasteiger charge is -2.08. The van der Waals surface area contributed by atoms with Gasteiger partial charge in [0.25, 0.3) is 0 Å². The van der Waals surface area contributed by atoms with Crippen LogP contribution in [0.4, 0.5) is 0 Å². The SMILES string of the molecule is O=S(=O)(Oc1cccc(Cl)c1)c1ccccc1Cl. The van der Waals surface area contributed by atoms with Gasteiger partial charge in [-0.25, -0.2) is 0 Å². The average molecular weight is 303 g/mol. The van der Waals surface area contributed by atoms with E-state index in [0.717, 1.165) is 0 Å². The van der Waals surface area contributed by atoms with Gasteiger partial charge in [-0.2, -0.15) is 8.42 Å². The molecule has 0 aromatic heterocycles. The lowest BCUT2D eigenvalue weighted by Crippen LogP contribution is -2.10. The van der Waals surface area contributed by atoms with Gasteiger partial charge in [0, 0.05) is 11.1 Å². The second kappa shape index (κ2) is 5.18. The molecule has 0 radical (unpaired) electrons. The van der Waals surface area contributed by atoms with Crippen molar-refractivity contribution in [3.63, 3.8) is 0 Å². The molecular formula is C12H8Cl2O3S. The lowest BCUT2D eigenvalue weighted by atomic mass is 10.3. The number of hydrogen-bond donors (Lipinski definition) is 0. The molecule has 94 valence electrons. The van der Waals surface area contributed by atoms with Crippen molar-refractivity contribution in [1.82, 2.24) is 0 Å². The summed E-state index contributed by atoms with van der Waals surface area (Å²) in [7, 11) is -3.95. The summed E-state index contributed by atoms with van der Waals surface area (Å²) in [6.45, 7) is 0. The van der Waals surface area contributed by atoms with E-state index in [2.05, 4.69) is 0 Å². The molecule has 0 N–H and O–H groups in total. The van der Waals surface area contributed by atoms with Crippen LogP contribution in [-0.2, 0) is 10.1 Å². The zero-order valence-corrected chi connectivity index (χ0v) is 11.3. The zero-order valence-electron chi connectivity index (χ0n) is 9.01. The largest absolute Gasteiger partial charge is 0.379 e. The topological polar surface area (TPSA) is 43.4 Å². The monoisotopic (exact) mass is 302 g/mol. The van der Waals surface area contributed by atoms with Crippen molar-refractivity contribution in [2.75, 3.05) is 0 Å². The van der Waals surface area contributed by atoms with Gasteiger partial charge in [-0.05, 0) is 24.3 Å². The minimum absolute atomic E-state index is 0.0772. The molecule has 0 amide bonds. The van der Waals surface area contributed by atoms with E-state index < -0.39 is 10.1 Å². The minimum atomic E-state index is -3.95. The third-order valence-electron chi connectivity index (χ3n) is 2.11. The van der Waals surface area contributed by atoms with E-state index in [0.29, 0.717) is 5.02 Å². The van der Waals surface area contributed by atoms with Crippen LogP contribution < -0.4 is 4.18 Å². The van der Waals surface area contributed by atoms with Crippen LogP contribution in [0.25, 0.3) is 0 Å². The maximum Gasteiger partial charge on any atom is 0.340 e. The smallest absolute Gasteiger partial charge is 0.340 e. The van der Waals surface area contributed by atoms with Gasteiger partial charge in [-0.15, -0.1) is 0 Å². The summed E-state index contributed by atoms with van der Waals surface area (Å²) < 4.78 is 28.9. The molecule has 2 aromatic carbocycles. The molecule has 0 aliphatic heterocycles. The summed E-state index contributed by atoms with van der Waals surface area (Å²) in [5.74, 6) is 0.141. The summed E-state index contributed by atoms with van der Waals surface area (Å²) >= 11 is 11.6. The highest BCUT2D eigenvalue weighted by atomic mass is 35.5. The van der Waals surface area contributed by atoms with Gasteiger partial charge in [0.1, 0.15) is 10.6 Å². The van der Waals surface area contributed by atoms with Crippen molar-refractivity contribution < 1.29 is 12.6 Å². The predicted molar refractivity (Wildman–Crippen MR) is 70.7 cm³/mol. The average Bonchev–Trinajstić information content (AvgIpc) is 2.28. The minimum Gasteiger partial charge on any atom is -0.379 e. The van der Waals surface area contributed by atoms with E-state index in [-0.39, 0.29) is 15.7 Å². The molecule has 18 heavy (non-hydrogen) atoms. The number of halogens is 2. The second-order valence-corrected chi connectivity index (χ2v) is 5.78. The molecule has 6 heteroatoms. The van der Waals surface area contributed by atoms with Crippen LogP contribution in [0.1, 0.15) is 0 Å². The van der Waals surface area contributed by atoms with Crippen molar-refractivity contribution in [3.05, 3.63) is 58.6 Å². The molecular weight excluding hydrogens is 295 g/mol. The van der Waals surface area contributed by atoms with Gasteiger partial charge in [0.2, 0.25) is 0 Å². The Morgan fingerprint density at radius 2 is 1.67 bits per heavy atom. The fraction of sp³-hybridized carbons (Fsp3) is 0. The van der Waals surface area contributed by atoms with Crippen LogP contribution in [0.2, 0.25) is 10.0 Å². The van der Waals surface area contributed by atoms with E-state index in [9.17, 15) is 8.42 Å². The summed E-state index contributed by atoms with van der Waals surface area (Å²) in [5, 5.41) is 0.501. The van der Waals surface area contributed by atoms with Crippen molar-refractivity contribution in [2.24, 2.45) is 0 Å². The van der Waals surface area contributed by atoms with E-state index in [1.165, 1.54) is 24.3 Å². The van der Waals surface area contributed by atoms with Crippen LogP contribution >= 0.6 is 23.2 Å². The van der Waals surface area contributed by atoms with Crippen LogP contribution in [0.15, 0.2) is 53.4 Å². The van der Waals surface area contributed by atoms with E-state index in [4.69, 9.17) is 27.4 Å². The van der Waals surface area contributed by atoms with Gasteiger partial charge in [-0.1, -0.05) is 41.4 Å². The third-order valence-corrected chi connectivity index (χ3v) is 4.09. The molecule has 0 aliphatic rings. The fourth-order valence-corrected chi connectivity index (χ4v) is 2.94. The Morgan fingerprint density at radius 3 is 2.33 bits per heavy atom. The Kier molecular flexibility index (Phi) is 3.80. The molecule has 0 heterocycles. The van der Waals surface area contributed by atoms with Gasteiger partial charge in [0.05, 0.1) is 5.02 Å². The fourth-order valence-electron chi connectivity index (χ4n) is 1.34. The van der Waals surface area contributed by atoms with E-state index in [1.807, 2.05) is 0 Å². The van der Waals surface area contributed by atoms with Crippen molar-refractivity contribution >= 4 is 33.3 Å². The van der Waals surface area contributed by atoms with Crippen molar-refractivity contribution in [1.29, 1.82) is 0 Å². The molecule has 0 bridgehead atoms. The maximum absolute atomic E-state index is 12.0. The van der Waals surface area contributed by atoms with Gasteiger partial charge >= 0.3 is 10.1 Å². The first-order valence-electron chi connectivity index (χ1n) is 4.93. The number of rotatable bonds is 3. The molecule has 0 atom stereocenters. The van der Waals surface area contributed by atoms with Gasteiger partial charge < -0.3 is 4.18 Å². The highest BCUT2D eigenvalue weighted by molar-refractivity contribution is 7.87. The Balaban J connectivity index is 2.37. The first-order chi connectivity index (χ1) is 8.49. The second-order valence-electron chi connectivity index (χ2n) is 3.43. The van der Waals surface area contributed by atoms with Crippen LogP contribution in [0, 0.1) is 0 Å². The molecule has 0 spiro atoms. The normalized spacial score (nSPS) is 11.2. The summed E-state index contributed by atoms with van der Waals surface area (Å²) in [5.41, 5.74) is 0. The third kappa shape index (κ3) is 2.96. The molecule has 0 aliphatic carbocycles. The first kappa shape index (κ1) is 13.2. The molecule has 0 saturated heterocycles. The molecule has 0 unspecified atom stereocenters. The highest BCUT2D eigenvalue weighted by Gasteiger charge is 2.19. The van der Waals surface area contributed by atoms with Crippen LogP contribution in [-0.4, -0.2) is 8.42 Å². The van der Waals surface area contributed by atoms with Crippen LogP contribution in [0.3, 0.4) is 0 Å². The van der Waals surface area contributed by atoms with Crippen LogP contribution in [0.5, 0.6) is 5.75 Å². The zero-order chi connectivity index (χ0) is 13.2. The molecule has 3 nitrogen and oxygen atoms in total. The van der Waals surface area contributed by atoms with Gasteiger partial charge in [-0.3, -0.25) is 0 Å². The van der Waals surface area contributed by atoms with Crippen molar-refractivity contribution in [2.45, 2.75) is 4.90 Å². The summed E-state index contributed by atoms with van der Waals surface area (Å²) in [6.07, 6.45) is 0. The molecule has 2 aromatic rings. The Hall–Kier alpha value is -1.23. The maximum atomic E-state index is 12.0. The number of benzene rings is 2. The Morgan fingerprint density at radius 1 is 0.944 bits per heavy atom. The van der Waals surface area contributed by atoms with E-state index >= 15 is 0 Å². The van der Waals surface area contributed by atoms with Crippen molar-refractivity contribution in [3.8, 4) is 5.75 Å². The highest BCUT2D eigenvalue weighted by Crippen LogP contribution is 2.25. The lowest BCUT2D eigenvalue weighted by molar-refractivity contribution is 0.486. The summed E-state index contributed by atoms with van der Waals surface area (Å²) in [4.78, 5) is -0.0772. The molecule has 0 saturated carbocycles. The number of hydrogen-bond acceptors (Lipinski definition) is 3. The van der Waals surface area contributed by atoms with E-state index in [1.54, 1.807) is 24.3 Å². The summed E-state index contributed by atoms with van der Waals surface area (Å²) in [6, 6.07) is 12.2.